The van der Waals surface area contributed by atoms with E-state index in [2.05, 4.69) is 15.4 Å². The minimum absolute atomic E-state index is 0.182. The third-order valence-corrected chi connectivity index (χ3v) is 6.24. The van der Waals surface area contributed by atoms with Gasteiger partial charge >= 0.3 is 11.9 Å². The van der Waals surface area contributed by atoms with E-state index in [1.54, 1.807) is 44.4 Å². The van der Waals surface area contributed by atoms with E-state index in [4.69, 9.17) is 9.47 Å². The molecule has 0 spiro atoms. The van der Waals surface area contributed by atoms with Crippen molar-refractivity contribution in [2.45, 2.75) is 45.6 Å². The first-order valence-corrected chi connectivity index (χ1v) is 11.5. The Hall–Kier alpha value is -3.53. The van der Waals surface area contributed by atoms with Crippen LogP contribution in [0.4, 0.5) is 5.00 Å². The summed E-state index contributed by atoms with van der Waals surface area (Å²) in [5.74, 6) is -1.38. The monoisotopic (exact) mass is 468 g/mol. The summed E-state index contributed by atoms with van der Waals surface area (Å²) < 4.78 is 12.1. The first-order chi connectivity index (χ1) is 15.9. The highest BCUT2D eigenvalue weighted by Crippen LogP contribution is 2.38. The number of amides is 1. The van der Waals surface area contributed by atoms with Crippen LogP contribution < -0.4 is 5.32 Å². The Morgan fingerprint density at radius 3 is 2.73 bits per heavy atom. The molecule has 0 saturated heterocycles. The smallest absolute Gasteiger partial charge is 0.342 e. The number of ether oxygens (including phenoxy) is 2. The average Bonchev–Trinajstić information content (AvgIpc) is 3.45. The Balaban J connectivity index is 1.46. The molecular formula is C23H24N4O5S. The van der Waals surface area contributed by atoms with Crippen LogP contribution in [0.15, 0.2) is 36.8 Å². The number of carbonyl (C=O) groups is 3. The van der Waals surface area contributed by atoms with Crippen molar-refractivity contribution < 1.29 is 23.9 Å². The van der Waals surface area contributed by atoms with Gasteiger partial charge in [-0.1, -0.05) is 0 Å². The molecule has 0 unspecified atom stereocenters. The number of carbonyl (C=O) groups excluding carboxylic acids is 3. The molecule has 0 radical (unpaired) electrons. The molecule has 3 aromatic heterocycles. The maximum Gasteiger partial charge on any atom is 0.342 e. The van der Waals surface area contributed by atoms with E-state index in [0.29, 0.717) is 16.4 Å². The summed E-state index contributed by atoms with van der Waals surface area (Å²) >= 11 is 1.38. The molecule has 0 aliphatic heterocycles. The molecule has 1 aliphatic rings. The second-order valence-corrected chi connectivity index (χ2v) is 8.92. The Morgan fingerprint density at radius 2 is 1.97 bits per heavy atom. The molecule has 1 N–H and O–H groups in total. The van der Waals surface area contributed by atoms with Crippen molar-refractivity contribution in [3.63, 3.8) is 0 Å². The van der Waals surface area contributed by atoms with Crippen LogP contribution >= 0.6 is 11.3 Å². The number of aromatic nitrogens is 3. The molecule has 9 nitrogen and oxygen atoms in total. The predicted octanol–water partition coefficient (Wildman–Crippen LogP) is 3.57. The average molecular weight is 469 g/mol. The van der Waals surface area contributed by atoms with Crippen molar-refractivity contribution in [3.05, 3.63) is 58.4 Å². The number of esters is 2. The predicted molar refractivity (Wildman–Crippen MR) is 122 cm³/mol. The van der Waals surface area contributed by atoms with Gasteiger partial charge in [-0.05, 0) is 63.3 Å². The van der Waals surface area contributed by atoms with Crippen LogP contribution in [-0.4, -0.2) is 45.3 Å². The highest BCUT2D eigenvalue weighted by atomic mass is 32.1. The van der Waals surface area contributed by atoms with Crippen molar-refractivity contribution in [1.29, 1.82) is 0 Å². The lowest BCUT2D eigenvalue weighted by Crippen LogP contribution is -2.23. The second-order valence-electron chi connectivity index (χ2n) is 7.82. The van der Waals surface area contributed by atoms with Crippen LogP contribution in [-0.2, 0) is 27.1 Å². The number of nitrogens with one attached hydrogen (secondary N) is 1. The van der Waals surface area contributed by atoms with Gasteiger partial charge in [0.25, 0.3) is 5.91 Å². The first kappa shape index (κ1) is 22.7. The van der Waals surface area contributed by atoms with E-state index in [1.807, 2.05) is 0 Å². The third-order valence-electron chi connectivity index (χ3n) is 5.03. The van der Waals surface area contributed by atoms with Gasteiger partial charge in [-0.2, -0.15) is 5.10 Å². The number of aryl methyl sites for hydroxylation is 1. The largest absolute Gasteiger partial charge is 0.459 e. The summed E-state index contributed by atoms with van der Waals surface area (Å²) in [7, 11) is 0. The molecule has 1 amide bonds. The molecule has 0 aromatic carbocycles. The van der Waals surface area contributed by atoms with Gasteiger partial charge in [-0.25, -0.2) is 19.3 Å². The second kappa shape index (κ2) is 9.95. The van der Waals surface area contributed by atoms with Crippen LogP contribution in [0, 0.1) is 0 Å². The van der Waals surface area contributed by atoms with E-state index in [-0.39, 0.29) is 11.7 Å². The summed E-state index contributed by atoms with van der Waals surface area (Å²) in [6, 6.07) is 4.86. The molecule has 3 heterocycles. The Labute approximate surface area is 194 Å². The zero-order valence-corrected chi connectivity index (χ0v) is 19.2. The number of hydrogen-bond donors (Lipinski definition) is 1. The van der Waals surface area contributed by atoms with Gasteiger partial charge in [0.1, 0.15) is 10.6 Å². The van der Waals surface area contributed by atoms with Gasteiger partial charge in [0.15, 0.2) is 12.4 Å². The molecular weight excluding hydrogens is 444 g/mol. The van der Waals surface area contributed by atoms with Gasteiger partial charge in [0.2, 0.25) is 0 Å². The lowest BCUT2D eigenvalue weighted by molar-refractivity contribution is -0.119. The molecule has 172 valence electrons. The van der Waals surface area contributed by atoms with E-state index >= 15 is 0 Å². The summed E-state index contributed by atoms with van der Waals surface area (Å²) in [6.45, 7) is 3.06. The van der Waals surface area contributed by atoms with Crippen molar-refractivity contribution in [2.24, 2.45) is 0 Å². The van der Waals surface area contributed by atoms with Crippen molar-refractivity contribution in [2.75, 3.05) is 11.9 Å². The molecule has 0 saturated carbocycles. The number of thiophene rings is 1. The summed E-state index contributed by atoms with van der Waals surface area (Å²) in [6.07, 6.45) is 8.16. The van der Waals surface area contributed by atoms with E-state index in [0.717, 1.165) is 36.1 Å². The van der Waals surface area contributed by atoms with E-state index in [1.165, 1.54) is 22.2 Å². The zero-order valence-electron chi connectivity index (χ0n) is 18.4. The SMILES string of the molecule is CC(C)OC(=O)c1c(NC(=O)COC(=O)c2cccnc2-n2cccn2)sc2c1CCCC2. The number of hydrogen-bond acceptors (Lipinski definition) is 8. The minimum atomic E-state index is -0.700. The molecule has 0 atom stereocenters. The normalized spacial score (nSPS) is 12.8. The van der Waals surface area contributed by atoms with Crippen LogP contribution in [0.5, 0.6) is 0 Å². The van der Waals surface area contributed by atoms with E-state index in [9.17, 15) is 14.4 Å². The van der Waals surface area contributed by atoms with Gasteiger partial charge in [-0.3, -0.25) is 4.79 Å². The fourth-order valence-electron chi connectivity index (χ4n) is 3.65. The number of anilines is 1. The maximum absolute atomic E-state index is 12.7. The fourth-order valence-corrected chi connectivity index (χ4v) is 4.94. The van der Waals surface area contributed by atoms with Crippen LogP contribution in [0.2, 0.25) is 0 Å². The maximum atomic E-state index is 12.7. The van der Waals surface area contributed by atoms with Crippen LogP contribution in [0.25, 0.3) is 5.82 Å². The number of pyridine rings is 1. The Morgan fingerprint density at radius 1 is 1.15 bits per heavy atom. The van der Waals surface area contributed by atoms with Gasteiger partial charge in [0, 0.05) is 23.5 Å². The summed E-state index contributed by atoms with van der Waals surface area (Å²) in [4.78, 5) is 43.2. The lowest BCUT2D eigenvalue weighted by Gasteiger charge is -2.14. The molecule has 1 aliphatic carbocycles. The van der Waals surface area contributed by atoms with E-state index < -0.39 is 24.5 Å². The third kappa shape index (κ3) is 5.11. The zero-order chi connectivity index (χ0) is 23.4. The number of nitrogens with zero attached hydrogens (tertiary/aromatic N) is 3. The summed E-state index contributed by atoms with van der Waals surface area (Å²) in [5.41, 5.74) is 1.54. The molecule has 4 rings (SSSR count). The number of fused-ring (bicyclic) bond motifs is 1. The molecule has 3 aromatic rings. The topological polar surface area (TPSA) is 112 Å². The molecule has 33 heavy (non-hydrogen) atoms. The Bertz CT molecular complexity index is 1170. The first-order valence-electron chi connectivity index (χ1n) is 10.7. The van der Waals surface area contributed by atoms with Crippen molar-refractivity contribution in [3.8, 4) is 5.82 Å². The van der Waals surface area contributed by atoms with Crippen LogP contribution in [0.3, 0.4) is 0 Å². The molecule has 0 fully saturated rings. The van der Waals surface area contributed by atoms with Gasteiger partial charge in [0.05, 0.1) is 11.7 Å². The quantitative estimate of drug-likeness (QED) is 0.528. The van der Waals surface area contributed by atoms with Crippen LogP contribution in [0.1, 0.15) is 57.8 Å². The highest BCUT2D eigenvalue weighted by molar-refractivity contribution is 7.17. The van der Waals surface area contributed by atoms with Gasteiger partial charge in [-0.15, -0.1) is 11.3 Å². The van der Waals surface area contributed by atoms with Crippen molar-refractivity contribution in [1.82, 2.24) is 14.8 Å². The highest BCUT2D eigenvalue weighted by Gasteiger charge is 2.28. The standard InChI is InChI=1S/C23H24N4O5S/c1-14(2)32-23(30)19-15-7-3-4-9-17(15)33-21(19)26-18(28)13-31-22(29)16-8-5-10-24-20(16)27-12-6-11-25-27/h5-6,8,10-12,14H,3-4,7,9,13H2,1-2H3,(H,26,28). The molecule has 10 heteroatoms. The lowest BCUT2D eigenvalue weighted by atomic mass is 9.95. The fraction of sp³-hybridized carbons (Fsp3) is 0.348. The number of rotatable bonds is 7. The molecule has 0 bridgehead atoms. The Kier molecular flexibility index (Phi) is 6.83. The van der Waals surface area contributed by atoms with Gasteiger partial charge < -0.3 is 14.8 Å². The minimum Gasteiger partial charge on any atom is -0.459 e. The van der Waals surface area contributed by atoms with Crippen molar-refractivity contribution >= 4 is 34.2 Å². The summed E-state index contributed by atoms with van der Waals surface area (Å²) in [5, 5.41) is 7.26.